The third kappa shape index (κ3) is 3.68. The van der Waals surface area contributed by atoms with E-state index in [1.54, 1.807) is 6.21 Å². The fourth-order valence-electron chi connectivity index (χ4n) is 2.43. The van der Waals surface area contributed by atoms with Crippen LogP contribution in [0.15, 0.2) is 82.5 Å². The third-order valence-corrected chi connectivity index (χ3v) is 5.52. The van der Waals surface area contributed by atoms with E-state index in [4.69, 9.17) is 0 Å². The van der Waals surface area contributed by atoms with E-state index in [0.717, 1.165) is 16.7 Å². The van der Waals surface area contributed by atoms with Gasteiger partial charge in [0.05, 0.1) is 5.56 Å². The van der Waals surface area contributed by atoms with Crippen LogP contribution in [0.1, 0.15) is 11.1 Å². The number of rotatable bonds is 5. The SMILES string of the molecule is [O-]/[N+](=C/c1ccccc1[SH]1C=CC=C1)CCc1ccccc1. The Hall–Kier alpha value is -2.26. The average Bonchev–Trinajstić information content (AvgIpc) is 3.09. The maximum Gasteiger partial charge on any atom is 0.182 e. The molecule has 2 aromatic carbocycles. The zero-order valence-corrected chi connectivity index (χ0v) is 13.2. The molecule has 22 heavy (non-hydrogen) atoms. The molecule has 2 nitrogen and oxygen atoms in total. The molecule has 0 aromatic heterocycles. The molecule has 0 bridgehead atoms. The summed E-state index contributed by atoms with van der Waals surface area (Å²) in [5.74, 6) is 0. The first-order valence-corrected chi connectivity index (χ1v) is 8.86. The Kier molecular flexibility index (Phi) is 4.76. The first-order valence-electron chi connectivity index (χ1n) is 7.38. The number of hydroxylamine groups is 1. The summed E-state index contributed by atoms with van der Waals surface area (Å²) in [5.41, 5.74) is 2.21. The van der Waals surface area contributed by atoms with Crippen LogP contribution >= 0.6 is 10.9 Å². The predicted molar refractivity (Wildman–Crippen MR) is 95.8 cm³/mol. The van der Waals surface area contributed by atoms with E-state index in [1.807, 2.05) is 36.4 Å². The largest absolute Gasteiger partial charge is 0.624 e. The van der Waals surface area contributed by atoms with Crippen LogP contribution in [0.25, 0.3) is 0 Å². The highest BCUT2D eigenvalue weighted by molar-refractivity contribution is 8.22. The standard InChI is InChI=1S/C19H19NOS/c21-20(13-12-17-8-2-1-3-9-17)16-18-10-4-5-11-19(18)22-14-6-7-15-22/h1-11,14-16,22H,12-13H2/b20-16+. The van der Waals surface area contributed by atoms with Gasteiger partial charge < -0.3 is 5.21 Å². The number of hydrogen-bond acceptors (Lipinski definition) is 1. The second-order valence-electron chi connectivity index (χ2n) is 5.15. The van der Waals surface area contributed by atoms with Crippen LogP contribution in [0.2, 0.25) is 0 Å². The summed E-state index contributed by atoms with van der Waals surface area (Å²) in [5, 5.41) is 16.6. The van der Waals surface area contributed by atoms with E-state index in [-0.39, 0.29) is 0 Å². The Morgan fingerprint density at radius 1 is 0.909 bits per heavy atom. The topological polar surface area (TPSA) is 26.1 Å². The molecule has 1 heterocycles. The van der Waals surface area contributed by atoms with Gasteiger partial charge in [-0.1, -0.05) is 54.6 Å². The molecule has 3 heteroatoms. The fourth-order valence-corrected chi connectivity index (χ4v) is 4.11. The van der Waals surface area contributed by atoms with Crippen molar-refractivity contribution < 1.29 is 4.74 Å². The Balaban J connectivity index is 1.74. The summed E-state index contributed by atoms with van der Waals surface area (Å²) in [4.78, 5) is 1.24. The molecule has 0 unspecified atom stereocenters. The van der Waals surface area contributed by atoms with Gasteiger partial charge in [0, 0.05) is 11.3 Å². The molecule has 1 aliphatic rings. The van der Waals surface area contributed by atoms with Crippen molar-refractivity contribution in [2.75, 3.05) is 6.54 Å². The van der Waals surface area contributed by atoms with Crippen molar-refractivity contribution in [3.05, 3.63) is 93.9 Å². The van der Waals surface area contributed by atoms with Crippen LogP contribution < -0.4 is 0 Å². The molecule has 0 radical (unpaired) electrons. The molecule has 0 N–H and O–H groups in total. The monoisotopic (exact) mass is 309 g/mol. The number of benzene rings is 2. The van der Waals surface area contributed by atoms with Gasteiger partial charge >= 0.3 is 0 Å². The predicted octanol–water partition coefficient (Wildman–Crippen LogP) is 4.26. The average molecular weight is 309 g/mol. The lowest BCUT2D eigenvalue weighted by atomic mass is 10.1. The van der Waals surface area contributed by atoms with Gasteiger partial charge in [-0.2, -0.15) is 10.9 Å². The first-order chi connectivity index (χ1) is 10.8. The first kappa shape index (κ1) is 14.7. The Bertz CT molecular complexity index is 707. The molecular weight excluding hydrogens is 290 g/mol. The summed E-state index contributed by atoms with van der Waals surface area (Å²) in [6, 6.07) is 18.3. The molecule has 112 valence electrons. The molecule has 0 atom stereocenters. The number of thiol groups is 1. The molecule has 0 amide bonds. The molecule has 0 spiro atoms. The minimum Gasteiger partial charge on any atom is -0.624 e. The fraction of sp³-hybridized carbons (Fsp3) is 0.105. The van der Waals surface area contributed by atoms with Crippen molar-refractivity contribution in [2.24, 2.45) is 0 Å². The molecular formula is C19H19NOS. The summed E-state index contributed by atoms with van der Waals surface area (Å²) >= 11 is 0. The number of nitrogens with zero attached hydrogens (tertiary/aromatic N) is 1. The highest BCUT2D eigenvalue weighted by Gasteiger charge is 2.09. The molecule has 0 saturated heterocycles. The molecule has 0 saturated carbocycles. The van der Waals surface area contributed by atoms with E-state index in [2.05, 4.69) is 41.2 Å². The molecule has 1 aliphatic heterocycles. The van der Waals surface area contributed by atoms with Crippen LogP contribution in [-0.2, 0) is 6.42 Å². The zero-order valence-electron chi connectivity index (χ0n) is 12.3. The van der Waals surface area contributed by atoms with Crippen molar-refractivity contribution >= 4 is 17.1 Å². The molecule has 0 fully saturated rings. The summed E-state index contributed by atoms with van der Waals surface area (Å²) < 4.78 is 1.05. The van der Waals surface area contributed by atoms with E-state index in [0.29, 0.717) is 6.54 Å². The quantitative estimate of drug-likeness (QED) is 0.288. The van der Waals surface area contributed by atoms with Crippen molar-refractivity contribution in [3.8, 4) is 0 Å². The van der Waals surface area contributed by atoms with E-state index >= 15 is 0 Å². The van der Waals surface area contributed by atoms with Crippen LogP contribution in [0, 0.1) is 5.21 Å². The maximum absolute atomic E-state index is 12.2. The van der Waals surface area contributed by atoms with Gasteiger partial charge in [0.1, 0.15) is 0 Å². The van der Waals surface area contributed by atoms with Crippen LogP contribution in [0.5, 0.6) is 0 Å². The van der Waals surface area contributed by atoms with Gasteiger partial charge in [-0.25, -0.2) is 4.74 Å². The highest BCUT2D eigenvalue weighted by atomic mass is 32.2. The van der Waals surface area contributed by atoms with Gasteiger partial charge in [-0.15, -0.1) is 0 Å². The Morgan fingerprint density at radius 2 is 1.59 bits per heavy atom. The molecule has 2 aromatic rings. The normalized spacial score (nSPS) is 15.5. The lowest BCUT2D eigenvalue weighted by Crippen LogP contribution is -2.10. The van der Waals surface area contributed by atoms with Crippen molar-refractivity contribution in [1.82, 2.24) is 0 Å². The third-order valence-electron chi connectivity index (χ3n) is 3.57. The zero-order chi connectivity index (χ0) is 15.2. The minimum absolute atomic E-state index is 0.403. The lowest BCUT2D eigenvalue weighted by Gasteiger charge is -2.13. The van der Waals surface area contributed by atoms with Gasteiger partial charge in [-0.05, 0) is 28.5 Å². The smallest absolute Gasteiger partial charge is 0.182 e. The van der Waals surface area contributed by atoms with Gasteiger partial charge in [0.15, 0.2) is 12.8 Å². The van der Waals surface area contributed by atoms with Gasteiger partial charge in [-0.3, -0.25) is 0 Å². The van der Waals surface area contributed by atoms with Crippen molar-refractivity contribution in [1.29, 1.82) is 0 Å². The van der Waals surface area contributed by atoms with Crippen molar-refractivity contribution in [3.63, 3.8) is 0 Å². The number of allylic oxidation sites excluding steroid dienone is 2. The van der Waals surface area contributed by atoms with Gasteiger partial charge in [0.2, 0.25) is 0 Å². The maximum atomic E-state index is 12.2. The molecule has 0 aliphatic carbocycles. The molecule has 3 rings (SSSR count). The Morgan fingerprint density at radius 3 is 2.36 bits per heavy atom. The summed E-state index contributed by atoms with van der Waals surface area (Å²) in [6.07, 6.45) is 6.64. The van der Waals surface area contributed by atoms with Crippen LogP contribution in [0.4, 0.5) is 0 Å². The van der Waals surface area contributed by atoms with Crippen LogP contribution in [0.3, 0.4) is 0 Å². The summed E-state index contributed by atoms with van der Waals surface area (Å²) in [7, 11) is -0.403. The summed E-state index contributed by atoms with van der Waals surface area (Å²) in [6.45, 7) is 0.474. The second-order valence-corrected chi connectivity index (χ2v) is 7.05. The van der Waals surface area contributed by atoms with Gasteiger partial charge in [0.25, 0.3) is 0 Å². The van der Waals surface area contributed by atoms with Crippen LogP contribution in [-0.4, -0.2) is 17.5 Å². The van der Waals surface area contributed by atoms with E-state index < -0.39 is 10.9 Å². The lowest BCUT2D eigenvalue weighted by molar-refractivity contribution is -0.451. The number of hydrogen-bond donors (Lipinski definition) is 1. The second kappa shape index (κ2) is 7.14. The minimum atomic E-state index is -0.403. The highest BCUT2D eigenvalue weighted by Crippen LogP contribution is 2.43. The Labute approximate surface area is 134 Å². The van der Waals surface area contributed by atoms with E-state index in [9.17, 15) is 5.21 Å². The van der Waals surface area contributed by atoms with Crippen molar-refractivity contribution in [2.45, 2.75) is 11.3 Å². The van der Waals surface area contributed by atoms with E-state index in [1.165, 1.54) is 10.5 Å².